The van der Waals surface area contributed by atoms with E-state index in [4.69, 9.17) is 32.5 Å². The number of benzene rings is 1. The Morgan fingerprint density at radius 3 is 2.89 bits per heavy atom. The summed E-state index contributed by atoms with van der Waals surface area (Å²) in [7, 11) is 0. The minimum atomic E-state index is -0.581. The largest absolute Gasteiger partial charge is 0.452 e. The number of unbranched alkanes of at least 4 members (excludes halogenated alkanes) is 1. The standard InChI is InChI=1S/C18H18Cl2N4O3/c1-3-4-8-24-16(20)15(11(2)22-24)18(25)26-10-14-21-17(23-27-14)12-6-5-7-13(19)9-12/h5-7,9H,3-4,8,10H2,1-2H3. The number of carbonyl (C=O) groups is 1. The number of hydrogen-bond acceptors (Lipinski definition) is 6. The highest BCUT2D eigenvalue weighted by atomic mass is 35.5. The molecule has 2 aromatic heterocycles. The first-order valence-corrected chi connectivity index (χ1v) is 9.23. The summed E-state index contributed by atoms with van der Waals surface area (Å²) >= 11 is 12.2. The molecule has 0 aliphatic carbocycles. The number of aromatic nitrogens is 4. The summed E-state index contributed by atoms with van der Waals surface area (Å²) in [6.07, 6.45) is 1.92. The highest BCUT2D eigenvalue weighted by molar-refractivity contribution is 6.32. The molecule has 0 spiro atoms. The van der Waals surface area contributed by atoms with Crippen LogP contribution in [0.1, 0.15) is 41.7 Å². The monoisotopic (exact) mass is 408 g/mol. The van der Waals surface area contributed by atoms with Crippen LogP contribution >= 0.6 is 23.2 Å². The highest BCUT2D eigenvalue weighted by Gasteiger charge is 2.22. The van der Waals surface area contributed by atoms with Gasteiger partial charge in [0.05, 0.1) is 5.69 Å². The summed E-state index contributed by atoms with van der Waals surface area (Å²) in [5.74, 6) is -0.0432. The Kier molecular flexibility index (Phi) is 6.13. The van der Waals surface area contributed by atoms with Crippen LogP contribution in [0.5, 0.6) is 0 Å². The molecule has 142 valence electrons. The molecular formula is C18H18Cl2N4O3. The van der Waals surface area contributed by atoms with Gasteiger partial charge in [-0.15, -0.1) is 0 Å². The van der Waals surface area contributed by atoms with E-state index >= 15 is 0 Å². The molecular weight excluding hydrogens is 391 g/mol. The molecule has 3 aromatic rings. The van der Waals surface area contributed by atoms with Crippen LogP contribution in [-0.4, -0.2) is 25.9 Å². The van der Waals surface area contributed by atoms with Gasteiger partial charge in [-0.3, -0.25) is 4.68 Å². The molecule has 27 heavy (non-hydrogen) atoms. The second-order valence-electron chi connectivity index (χ2n) is 5.93. The maximum absolute atomic E-state index is 12.4. The Hall–Kier alpha value is -2.38. The summed E-state index contributed by atoms with van der Waals surface area (Å²) in [4.78, 5) is 16.6. The Balaban J connectivity index is 1.67. The van der Waals surface area contributed by atoms with Crippen LogP contribution in [0.2, 0.25) is 10.2 Å². The summed E-state index contributed by atoms with van der Waals surface area (Å²) < 4.78 is 12.0. The van der Waals surface area contributed by atoms with Crippen LogP contribution in [0.25, 0.3) is 11.4 Å². The van der Waals surface area contributed by atoms with Gasteiger partial charge >= 0.3 is 5.97 Å². The SMILES string of the molecule is CCCCn1nc(C)c(C(=O)OCc2nc(-c3cccc(Cl)c3)no2)c1Cl. The molecule has 0 saturated carbocycles. The molecule has 0 bridgehead atoms. The van der Waals surface area contributed by atoms with Gasteiger partial charge < -0.3 is 9.26 Å². The fraction of sp³-hybridized carbons (Fsp3) is 0.333. The Morgan fingerprint density at radius 1 is 1.33 bits per heavy atom. The molecule has 0 saturated heterocycles. The fourth-order valence-corrected chi connectivity index (χ4v) is 3.03. The van der Waals surface area contributed by atoms with Crippen molar-refractivity contribution in [1.82, 2.24) is 19.9 Å². The smallest absolute Gasteiger partial charge is 0.343 e. The molecule has 0 radical (unpaired) electrons. The molecule has 9 heteroatoms. The molecule has 0 fully saturated rings. The van der Waals surface area contributed by atoms with E-state index in [2.05, 4.69) is 22.2 Å². The molecule has 0 amide bonds. The topological polar surface area (TPSA) is 83.0 Å². The van der Waals surface area contributed by atoms with Crippen molar-refractivity contribution < 1.29 is 14.1 Å². The zero-order valence-corrected chi connectivity index (χ0v) is 16.4. The van der Waals surface area contributed by atoms with Gasteiger partial charge in [0.1, 0.15) is 10.7 Å². The van der Waals surface area contributed by atoms with Crippen molar-refractivity contribution in [1.29, 1.82) is 0 Å². The zero-order valence-electron chi connectivity index (χ0n) is 14.9. The third kappa shape index (κ3) is 4.48. The van der Waals surface area contributed by atoms with Crippen LogP contribution in [0.4, 0.5) is 0 Å². The number of halogens is 2. The second kappa shape index (κ2) is 8.54. The van der Waals surface area contributed by atoms with Gasteiger partial charge in [-0.1, -0.05) is 53.8 Å². The predicted octanol–water partition coefficient (Wildman–Crippen LogP) is 4.71. The normalized spacial score (nSPS) is 11.0. The van der Waals surface area contributed by atoms with Crippen molar-refractivity contribution in [2.75, 3.05) is 0 Å². The minimum absolute atomic E-state index is 0.164. The van der Waals surface area contributed by atoms with Crippen molar-refractivity contribution in [3.63, 3.8) is 0 Å². The first-order valence-electron chi connectivity index (χ1n) is 8.48. The molecule has 0 aliphatic heterocycles. The van der Waals surface area contributed by atoms with Crippen molar-refractivity contribution in [2.24, 2.45) is 0 Å². The molecule has 0 unspecified atom stereocenters. The predicted molar refractivity (Wildman–Crippen MR) is 101 cm³/mol. The minimum Gasteiger partial charge on any atom is -0.452 e. The quantitative estimate of drug-likeness (QED) is 0.526. The molecule has 0 N–H and O–H groups in total. The van der Waals surface area contributed by atoms with E-state index in [1.54, 1.807) is 35.9 Å². The van der Waals surface area contributed by atoms with Crippen LogP contribution in [0.3, 0.4) is 0 Å². The van der Waals surface area contributed by atoms with Gasteiger partial charge in [0.25, 0.3) is 5.89 Å². The van der Waals surface area contributed by atoms with Crippen LogP contribution < -0.4 is 0 Å². The third-order valence-corrected chi connectivity index (χ3v) is 4.49. The number of esters is 1. The van der Waals surface area contributed by atoms with E-state index in [0.717, 1.165) is 12.8 Å². The lowest BCUT2D eigenvalue weighted by atomic mass is 10.2. The van der Waals surface area contributed by atoms with E-state index in [1.165, 1.54) is 0 Å². The lowest BCUT2D eigenvalue weighted by molar-refractivity contribution is 0.0429. The summed E-state index contributed by atoms with van der Waals surface area (Å²) in [5.41, 5.74) is 1.48. The average Bonchev–Trinajstić information content (AvgIpc) is 3.22. The maximum Gasteiger partial charge on any atom is 0.343 e. The van der Waals surface area contributed by atoms with Crippen LogP contribution in [-0.2, 0) is 17.9 Å². The van der Waals surface area contributed by atoms with E-state index in [-0.39, 0.29) is 23.2 Å². The Morgan fingerprint density at radius 2 is 2.15 bits per heavy atom. The zero-order chi connectivity index (χ0) is 19.4. The number of hydrogen-bond donors (Lipinski definition) is 0. The summed E-state index contributed by atoms with van der Waals surface area (Å²) in [5, 5.41) is 9.01. The average molecular weight is 409 g/mol. The molecule has 3 rings (SSSR count). The maximum atomic E-state index is 12.4. The first kappa shape index (κ1) is 19.4. The van der Waals surface area contributed by atoms with Gasteiger partial charge in [-0.25, -0.2) is 4.79 Å². The highest BCUT2D eigenvalue weighted by Crippen LogP contribution is 2.23. The van der Waals surface area contributed by atoms with E-state index in [0.29, 0.717) is 28.6 Å². The molecule has 1 aromatic carbocycles. The van der Waals surface area contributed by atoms with Crippen LogP contribution in [0.15, 0.2) is 28.8 Å². The molecule has 7 nitrogen and oxygen atoms in total. The van der Waals surface area contributed by atoms with Crippen LogP contribution in [0, 0.1) is 6.92 Å². The van der Waals surface area contributed by atoms with Gasteiger partial charge in [0, 0.05) is 17.1 Å². The molecule has 0 atom stereocenters. The number of carbonyl (C=O) groups excluding carboxylic acids is 1. The number of ether oxygens (including phenoxy) is 1. The van der Waals surface area contributed by atoms with E-state index in [1.807, 2.05) is 0 Å². The van der Waals surface area contributed by atoms with Crippen molar-refractivity contribution in [3.8, 4) is 11.4 Å². The second-order valence-corrected chi connectivity index (χ2v) is 6.72. The lowest BCUT2D eigenvalue weighted by Gasteiger charge is -2.03. The third-order valence-electron chi connectivity index (χ3n) is 3.87. The van der Waals surface area contributed by atoms with Gasteiger partial charge in [-0.2, -0.15) is 10.1 Å². The fourth-order valence-electron chi connectivity index (χ4n) is 2.50. The first-order chi connectivity index (χ1) is 13.0. The molecule has 2 heterocycles. The van der Waals surface area contributed by atoms with E-state index in [9.17, 15) is 4.79 Å². The number of rotatable bonds is 7. The van der Waals surface area contributed by atoms with E-state index < -0.39 is 5.97 Å². The number of nitrogens with zero attached hydrogens (tertiary/aromatic N) is 4. The van der Waals surface area contributed by atoms with Gasteiger partial charge in [0.2, 0.25) is 5.82 Å². The number of aryl methyl sites for hydroxylation is 2. The van der Waals surface area contributed by atoms with Crippen molar-refractivity contribution in [2.45, 2.75) is 39.8 Å². The van der Waals surface area contributed by atoms with Gasteiger partial charge in [-0.05, 0) is 25.5 Å². The Labute approximate surface area is 166 Å². The van der Waals surface area contributed by atoms with Crippen molar-refractivity contribution >= 4 is 29.2 Å². The summed E-state index contributed by atoms with van der Waals surface area (Å²) in [6.45, 7) is 4.27. The van der Waals surface area contributed by atoms with Gasteiger partial charge in [0.15, 0.2) is 6.61 Å². The summed E-state index contributed by atoms with van der Waals surface area (Å²) in [6, 6.07) is 7.06. The Bertz CT molecular complexity index is 952. The van der Waals surface area contributed by atoms with Crippen molar-refractivity contribution in [3.05, 3.63) is 51.6 Å². The molecule has 0 aliphatic rings. The lowest BCUT2D eigenvalue weighted by Crippen LogP contribution is -2.07.